The van der Waals surface area contributed by atoms with E-state index < -0.39 is 10.0 Å². The fraction of sp³-hybridized carbons (Fsp3) is 0.500. The fourth-order valence-electron chi connectivity index (χ4n) is 2.54. The molecule has 0 spiro atoms. The molecule has 8 heteroatoms. The van der Waals surface area contributed by atoms with Crippen molar-refractivity contribution >= 4 is 28.3 Å². The number of sulfonamides is 1. The van der Waals surface area contributed by atoms with E-state index in [2.05, 4.69) is 10.0 Å². The molecule has 3 rings (SSSR count). The summed E-state index contributed by atoms with van der Waals surface area (Å²) in [7, 11) is -3.63. The average molecular weight is 346 g/mol. The number of nitrogens with one attached hydrogen (secondary N) is 2. The number of hydrogen-bond donors (Lipinski definition) is 3. The van der Waals surface area contributed by atoms with Crippen LogP contribution in [-0.4, -0.2) is 33.5 Å². The van der Waals surface area contributed by atoms with Crippen molar-refractivity contribution in [2.24, 2.45) is 11.7 Å². The Kier molecular flexibility index (Phi) is 5.11. The van der Waals surface area contributed by atoms with Gasteiger partial charge in [-0.15, -0.1) is 12.4 Å². The quantitative estimate of drug-likeness (QED) is 0.719. The van der Waals surface area contributed by atoms with Crippen molar-refractivity contribution in [1.29, 1.82) is 0 Å². The first-order valence-corrected chi connectivity index (χ1v) is 8.62. The molecule has 0 bridgehead atoms. The molecule has 1 aromatic carbocycles. The topological polar surface area (TPSA) is 101 Å². The Morgan fingerprint density at radius 3 is 2.77 bits per heavy atom. The second kappa shape index (κ2) is 6.54. The van der Waals surface area contributed by atoms with E-state index in [9.17, 15) is 13.2 Å². The van der Waals surface area contributed by atoms with Gasteiger partial charge in [0.15, 0.2) is 0 Å². The first-order chi connectivity index (χ1) is 9.97. The van der Waals surface area contributed by atoms with Gasteiger partial charge in [-0.05, 0) is 42.9 Å². The highest BCUT2D eigenvalue weighted by molar-refractivity contribution is 7.89. The van der Waals surface area contributed by atoms with E-state index in [1.807, 2.05) is 0 Å². The highest BCUT2D eigenvalue weighted by atomic mass is 35.5. The molecule has 1 fully saturated rings. The maximum atomic E-state index is 12.3. The first-order valence-electron chi connectivity index (χ1n) is 7.14. The first kappa shape index (κ1) is 17.2. The summed E-state index contributed by atoms with van der Waals surface area (Å²) in [4.78, 5) is 11.9. The number of fused-ring (bicyclic) bond motifs is 1. The number of carbonyl (C=O) groups excluding carboxylic acids is 1. The molecule has 1 amide bonds. The van der Waals surface area contributed by atoms with Gasteiger partial charge in [0.05, 0.1) is 4.90 Å². The smallest absolute Gasteiger partial charge is 0.251 e. The van der Waals surface area contributed by atoms with Crippen LogP contribution in [0.1, 0.15) is 28.8 Å². The Balaban J connectivity index is 0.00000176. The lowest BCUT2D eigenvalue weighted by atomic mass is 10.0. The van der Waals surface area contributed by atoms with Gasteiger partial charge in [0.1, 0.15) is 0 Å². The summed E-state index contributed by atoms with van der Waals surface area (Å²) in [6.07, 6.45) is 2.87. The molecule has 1 aliphatic heterocycles. The van der Waals surface area contributed by atoms with Crippen LogP contribution in [0.5, 0.6) is 0 Å². The van der Waals surface area contributed by atoms with Crippen LogP contribution in [0.15, 0.2) is 23.1 Å². The van der Waals surface area contributed by atoms with Crippen molar-refractivity contribution in [1.82, 2.24) is 10.0 Å². The van der Waals surface area contributed by atoms with E-state index in [0.29, 0.717) is 18.0 Å². The fourth-order valence-corrected chi connectivity index (χ4v) is 3.64. The lowest BCUT2D eigenvalue weighted by Gasteiger charge is -2.18. The Bertz CT molecular complexity index is 674. The van der Waals surface area contributed by atoms with E-state index in [-0.39, 0.29) is 35.8 Å². The number of halogens is 1. The second-order valence-electron chi connectivity index (χ2n) is 5.68. The van der Waals surface area contributed by atoms with Crippen LogP contribution in [0.4, 0.5) is 0 Å². The number of amides is 1. The van der Waals surface area contributed by atoms with E-state index in [1.54, 1.807) is 12.1 Å². The number of nitrogens with two attached hydrogens (primary N) is 1. The minimum atomic E-state index is -3.63. The molecule has 122 valence electrons. The molecular formula is C14H20ClN3O3S. The Hall–Kier alpha value is -1.15. The van der Waals surface area contributed by atoms with Crippen molar-refractivity contribution in [3.05, 3.63) is 29.3 Å². The van der Waals surface area contributed by atoms with Crippen LogP contribution in [0, 0.1) is 5.92 Å². The molecule has 1 saturated carbocycles. The van der Waals surface area contributed by atoms with Crippen LogP contribution >= 0.6 is 12.4 Å². The third-order valence-electron chi connectivity index (χ3n) is 4.05. The minimum absolute atomic E-state index is 0. The molecule has 1 atom stereocenters. The largest absolute Gasteiger partial charge is 0.352 e. The molecule has 1 heterocycles. The van der Waals surface area contributed by atoms with Gasteiger partial charge in [0.2, 0.25) is 10.0 Å². The minimum Gasteiger partial charge on any atom is -0.352 e. The van der Waals surface area contributed by atoms with Crippen molar-refractivity contribution in [2.75, 3.05) is 13.1 Å². The van der Waals surface area contributed by atoms with Crippen LogP contribution in [0.2, 0.25) is 0 Å². The Morgan fingerprint density at radius 2 is 2.09 bits per heavy atom. The molecule has 1 aliphatic carbocycles. The van der Waals surface area contributed by atoms with Crippen LogP contribution in [0.25, 0.3) is 0 Å². The highest BCUT2D eigenvalue weighted by Crippen LogP contribution is 2.31. The summed E-state index contributed by atoms with van der Waals surface area (Å²) in [6, 6.07) is 4.56. The highest BCUT2D eigenvalue weighted by Gasteiger charge is 2.29. The standard InChI is InChI=1S/C14H19N3O3S.ClH/c15-13(10-1-2-10)8-17-21(19,20)11-4-3-9-5-6-16-14(18)12(9)7-11;/h3-4,7,10,13,17H,1-2,5-6,8,15H2,(H,16,18);1H. The van der Waals surface area contributed by atoms with Crippen LogP contribution < -0.4 is 15.8 Å². The molecule has 1 aromatic rings. The van der Waals surface area contributed by atoms with E-state index in [0.717, 1.165) is 24.8 Å². The second-order valence-corrected chi connectivity index (χ2v) is 7.44. The monoisotopic (exact) mass is 345 g/mol. The molecule has 4 N–H and O–H groups in total. The van der Waals surface area contributed by atoms with E-state index >= 15 is 0 Å². The normalized spacial score (nSPS) is 18.9. The van der Waals surface area contributed by atoms with Gasteiger partial charge < -0.3 is 11.1 Å². The Morgan fingerprint density at radius 1 is 1.36 bits per heavy atom. The van der Waals surface area contributed by atoms with Crippen molar-refractivity contribution < 1.29 is 13.2 Å². The molecule has 0 aromatic heterocycles. The summed E-state index contributed by atoms with van der Waals surface area (Å²) in [6.45, 7) is 0.822. The maximum Gasteiger partial charge on any atom is 0.251 e. The van der Waals surface area contributed by atoms with E-state index in [4.69, 9.17) is 5.73 Å². The molecule has 2 aliphatic rings. The van der Waals surface area contributed by atoms with Crippen LogP contribution in [0.3, 0.4) is 0 Å². The van der Waals surface area contributed by atoms with Crippen molar-refractivity contribution in [3.63, 3.8) is 0 Å². The van der Waals surface area contributed by atoms with E-state index in [1.165, 1.54) is 6.07 Å². The average Bonchev–Trinajstić information content (AvgIpc) is 3.29. The lowest BCUT2D eigenvalue weighted by Crippen LogP contribution is -2.38. The van der Waals surface area contributed by atoms with Gasteiger partial charge in [0.25, 0.3) is 5.91 Å². The number of carbonyl (C=O) groups is 1. The van der Waals surface area contributed by atoms with Crippen molar-refractivity contribution in [2.45, 2.75) is 30.2 Å². The number of rotatable bonds is 5. The van der Waals surface area contributed by atoms with Gasteiger partial charge in [-0.3, -0.25) is 4.79 Å². The molecule has 22 heavy (non-hydrogen) atoms. The van der Waals surface area contributed by atoms with Crippen LogP contribution in [-0.2, 0) is 16.4 Å². The molecule has 1 unspecified atom stereocenters. The van der Waals surface area contributed by atoms with Gasteiger partial charge in [-0.1, -0.05) is 6.07 Å². The van der Waals surface area contributed by atoms with Gasteiger partial charge in [0, 0.05) is 24.7 Å². The Labute approximate surface area is 136 Å². The molecule has 0 saturated heterocycles. The van der Waals surface area contributed by atoms with Gasteiger partial charge >= 0.3 is 0 Å². The summed E-state index contributed by atoms with van der Waals surface area (Å²) < 4.78 is 27.1. The third kappa shape index (κ3) is 3.60. The number of benzene rings is 1. The zero-order chi connectivity index (χ0) is 15.0. The SMILES string of the molecule is Cl.NC(CNS(=O)(=O)c1ccc2c(c1)C(=O)NCC2)C1CC1. The van der Waals surface area contributed by atoms with Gasteiger partial charge in [-0.2, -0.15) is 0 Å². The number of hydrogen-bond acceptors (Lipinski definition) is 4. The summed E-state index contributed by atoms with van der Waals surface area (Å²) >= 11 is 0. The summed E-state index contributed by atoms with van der Waals surface area (Å²) in [5.74, 6) is 0.213. The maximum absolute atomic E-state index is 12.3. The molecule has 0 radical (unpaired) electrons. The zero-order valence-electron chi connectivity index (χ0n) is 12.0. The predicted molar refractivity (Wildman–Crippen MR) is 85.6 cm³/mol. The molecular weight excluding hydrogens is 326 g/mol. The van der Waals surface area contributed by atoms with Gasteiger partial charge in [-0.25, -0.2) is 13.1 Å². The zero-order valence-corrected chi connectivity index (χ0v) is 13.7. The molecule has 6 nitrogen and oxygen atoms in total. The summed E-state index contributed by atoms with van der Waals surface area (Å²) in [5.41, 5.74) is 7.23. The lowest BCUT2D eigenvalue weighted by molar-refractivity contribution is 0.0945. The predicted octanol–water partition coefficient (Wildman–Crippen LogP) is 0.410. The van der Waals surface area contributed by atoms with Crippen molar-refractivity contribution in [3.8, 4) is 0 Å². The third-order valence-corrected chi connectivity index (χ3v) is 5.47. The summed E-state index contributed by atoms with van der Waals surface area (Å²) in [5, 5.41) is 2.72.